The molecule has 0 atom stereocenters. The van der Waals surface area contributed by atoms with Gasteiger partial charge in [-0.25, -0.2) is 0 Å². The summed E-state index contributed by atoms with van der Waals surface area (Å²) in [5, 5.41) is 0. The Balaban J connectivity index is 0. The first-order valence-corrected chi connectivity index (χ1v) is 0. The molecule has 0 unspecified atom stereocenters. The quantitative estimate of drug-likeness (QED) is 0.305. The van der Waals surface area contributed by atoms with Gasteiger partial charge < -0.3 is 0 Å². The Morgan fingerprint density at radius 2 is 1.00 bits per heavy atom. The van der Waals surface area contributed by atoms with Crippen LogP contribution in [0.5, 0.6) is 0 Å². The number of hydrogen-bond donors (Lipinski definition) is 0. The molecule has 0 spiro atoms. The minimum Gasteiger partial charge on any atom is 0 e. The Kier molecular flexibility index (Phi) is 340. The van der Waals surface area contributed by atoms with Crippen molar-refractivity contribution in [3.05, 3.63) is 0 Å². The largest absolute Gasteiger partial charge is 0 e. The molecular formula is AlBLiSi. The van der Waals surface area contributed by atoms with Gasteiger partial charge in [-0.3, -0.25) is 0 Å². The third-order valence-corrected chi connectivity index (χ3v) is 0. The minimum absolute atomic E-state index is 0. The Morgan fingerprint density at radius 3 is 1.00 bits per heavy atom. The van der Waals surface area contributed by atoms with Gasteiger partial charge in [-0.1, -0.05) is 0 Å². The summed E-state index contributed by atoms with van der Waals surface area (Å²) in [6, 6.07) is 0. The van der Waals surface area contributed by atoms with E-state index >= 15 is 0 Å². The van der Waals surface area contributed by atoms with E-state index < -0.39 is 0 Å². The fourth-order valence-corrected chi connectivity index (χ4v) is 0. The van der Waals surface area contributed by atoms with Crippen LogP contribution in [0.15, 0.2) is 0 Å². The third-order valence-electron chi connectivity index (χ3n) is 0. The van der Waals surface area contributed by atoms with Crippen LogP contribution in [0.3, 0.4) is 0 Å². The first-order valence-electron chi connectivity index (χ1n) is 0. The van der Waals surface area contributed by atoms with E-state index in [-0.39, 0.29) is 55.6 Å². The summed E-state index contributed by atoms with van der Waals surface area (Å²) in [4.78, 5) is 0. The predicted molar refractivity (Wildman–Crippen MR) is 23.0 cm³/mol. The van der Waals surface area contributed by atoms with Crippen molar-refractivity contribution in [2.24, 2.45) is 0 Å². The maximum Gasteiger partial charge on any atom is 0 e. The molecule has 0 amide bonds. The van der Waals surface area contributed by atoms with Crippen molar-refractivity contribution in [3.8, 4) is 0 Å². The second-order valence-corrected chi connectivity index (χ2v) is 0. The summed E-state index contributed by atoms with van der Waals surface area (Å²) in [7, 11) is 0. The smallest absolute Gasteiger partial charge is 0 e. The molecule has 0 nitrogen and oxygen atoms in total. The van der Waals surface area contributed by atoms with E-state index in [1.807, 2.05) is 0 Å². The zero-order valence-corrected chi connectivity index (χ0v) is 4.81. The van der Waals surface area contributed by atoms with Gasteiger partial charge in [-0.2, -0.15) is 0 Å². The van der Waals surface area contributed by atoms with E-state index in [9.17, 15) is 0 Å². The van der Waals surface area contributed by atoms with Crippen molar-refractivity contribution >= 4 is 55.6 Å². The van der Waals surface area contributed by atoms with Crippen LogP contribution < -0.4 is 0 Å². The van der Waals surface area contributed by atoms with E-state index in [4.69, 9.17) is 0 Å². The van der Waals surface area contributed by atoms with E-state index in [0.717, 1.165) is 0 Å². The van der Waals surface area contributed by atoms with Gasteiger partial charge in [0.15, 0.2) is 0 Å². The zero-order chi connectivity index (χ0) is 0. The van der Waals surface area contributed by atoms with E-state index in [1.54, 1.807) is 0 Å². The first-order chi connectivity index (χ1) is 0. The minimum atomic E-state index is 0. The SMILES string of the molecule is [Al].[B].[Li].[Si]. The Labute approximate surface area is 55.6 Å². The maximum absolute atomic E-state index is 0. The van der Waals surface area contributed by atoms with Crippen LogP contribution in [0.2, 0.25) is 0 Å². The van der Waals surface area contributed by atoms with Gasteiger partial charge >= 0.3 is 0 Å². The second kappa shape index (κ2) is 25.8. The van der Waals surface area contributed by atoms with Gasteiger partial charge in [0.1, 0.15) is 0 Å². The van der Waals surface area contributed by atoms with Crippen molar-refractivity contribution in [1.82, 2.24) is 0 Å². The molecule has 11 valence electrons. The van der Waals surface area contributed by atoms with Crippen molar-refractivity contribution in [2.45, 2.75) is 0 Å². The Hall–Kier alpha value is 1.41. The molecule has 0 saturated heterocycles. The molecular weight excluding hydrogens is 72.8 g/mol. The number of hydrogen-bond acceptors (Lipinski definition) is 0. The van der Waals surface area contributed by atoms with Gasteiger partial charge in [0.2, 0.25) is 0 Å². The molecule has 0 saturated carbocycles. The topological polar surface area (TPSA) is 0 Å². The van der Waals surface area contributed by atoms with Crippen LogP contribution in [0.1, 0.15) is 0 Å². The molecule has 0 heterocycles. The van der Waals surface area contributed by atoms with Crippen molar-refractivity contribution in [3.63, 3.8) is 0 Å². The molecule has 0 aliphatic heterocycles. The van der Waals surface area contributed by atoms with Crippen LogP contribution in [0.25, 0.3) is 0 Å². The van der Waals surface area contributed by atoms with Crippen molar-refractivity contribution in [1.29, 1.82) is 0 Å². The molecule has 0 fully saturated rings. The van der Waals surface area contributed by atoms with Gasteiger partial charge in [-0.05, 0) is 0 Å². The molecule has 0 aliphatic rings. The van der Waals surface area contributed by atoms with Gasteiger partial charge in [0, 0.05) is 55.6 Å². The molecule has 11 radical (unpaired) electrons. The Morgan fingerprint density at radius 1 is 1.00 bits per heavy atom. The van der Waals surface area contributed by atoms with Crippen molar-refractivity contribution in [2.75, 3.05) is 0 Å². The fourth-order valence-electron chi connectivity index (χ4n) is 0. The average molecular weight is 72.8 g/mol. The molecule has 0 bridgehead atoms. The maximum atomic E-state index is 0. The second-order valence-electron chi connectivity index (χ2n) is 0. The normalized spacial score (nSPS) is 0. The molecule has 0 N–H and O–H groups in total. The van der Waals surface area contributed by atoms with Gasteiger partial charge in [0.05, 0.1) is 0 Å². The van der Waals surface area contributed by atoms with Crippen LogP contribution in [0.4, 0.5) is 0 Å². The van der Waals surface area contributed by atoms with Crippen LogP contribution in [-0.2, 0) is 0 Å². The molecule has 0 aliphatic carbocycles. The number of rotatable bonds is 0. The zero-order valence-electron chi connectivity index (χ0n) is 2.65. The van der Waals surface area contributed by atoms with Crippen LogP contribution in [0, 0.1) is 0 Å². The summed E-state index contributed by atoms with van der Waals surface area (Å²) in [6.45, 7) is 0. The van der Waals surface area contributed by atoms with Crippen LogP contribution >= 0.6 is 0 Å². The van der Waals surface area contributed by atoms with Gasteiger partial charge in [0.25, 0.3) is 0 Å². The molecule has 0 aromatic carbocycles. The molecule has 4 heavy (non-hydrogen) atoms. The van der Waals surface area contributed by atoms with Gasteiger partial charge in [-0.15, -0.1) is 0 Å². The van der Waals surface area contributed by atoms with E-state index in [1.165, 1.54) is 0 Å². The molecule has 0 aromatic heterocycles. The fraction of sp³-hybridized carbons (Fsp3) is 0. The standard InChI is InChI=1S/Al.B.Li.Si. The summed E-state index contributed by atoms with van der Waals surface area (Å²) in [5.41, 5.74) is 0. The third kappa shape index (κ3) is 9.96. The van der Waals surface area contributed by atoms with E-state index in [0.29, 0.717) is 0 Å². The monoisotopic (exact) mass is 73.0 g/mol. The molecule has 0 rings (SSSR count). The Bertz CT molecular complexity index is 8.00. The average Bonchev–Trinajstić information content (AvgIpc) is 0. The summed E-state index contributed by atoms with van der Waals surface area (Å²) >= 11 is 0. The predicted octanol–water partition coefficient (Wildman–Crippen LogP) is -1.52. The summed E-state index contributed by atoms with van der Waals surface area (Å²) in [5.74, 6) is 0. The van der Waals surface area contributed by atoms with E-state index in [2.05, 4.69) is 0 Å². The first kappa shape index (κ1) is 52.9. The summed E-state index contributed by atoms with van der Waals surface area (Å²) < 4.78 is 0. The molecule has 4 heteroatoms. The van der Waals surface area contributed by atoms with Crippen LogP contribution in [-0.4, -0.2) is 55.6 Å². The van der Waals surface area contributed by atoms with Crippen molar-refractivity contribution < 1.29 is 0 Å². The molecule has 0 aromatic rings. The summed E-state index contributed by atoms with van der Waals surface area (Å²) in [6.07, 6.45) is 0.